The van der Waals surface area contributed by atoms with E-state index >= 15 is 0 Å². The second-order valence-corrected chi connectivity index (χ2v) is 7.35. The Labute approximate surface area is 144 Å². The summed E-state index contributed by atoms with van der Waals surface area (Å²) in [6, 6.07) is 3.87. The van der Waals surface area contributed by atoms with Crippen LogP contribution in [-0.2, 0) is 4.79 Å². The van der Waals surface area contributed by atoms with Gasteiger partial charge >= 0.3 is 0 Å². The molecule has 0 saturated carbocycles. The van der Waals surface area contributed by atoms with Crippen LogP contribution in [0.25, 0.3) is 0 Å². The summed E-state index contributed by atoms with van der Waals surface area (Å²) in [7, 11) is 0. The number of carbonyl (C=O) groups excluding carboxylic acids is 1. The molecule has 23 heavy (non-hydrogen) atoms. The third-order valence-corrected chi connectivity index (χ3v) is 5.75. The first kappa shape index (κ1) is 16.3. The second-order valence-electron chi connectivity index (χ2n) is 5.46. The zero-order chi connectivity index (χ0) is 16.1. The molecule has 2 aromatic rings. The Kier molecular flexibility index (Phi) is 5.51. The SMILES string of the molecule is Cc1csc(N2CCCN(C(=O)CSc3ccncc3)CC2)n1. The fourth-order valence-electron chi connectivity index (χ4n) is 2.52. The van der Waals surface area contributed by atoms with Crippen LogP contribution in [0.5, 0.6) is 0 Å². The fourth-order valence-corrected chi connectivity index (χ4v) is 4.16. The lowest BCUT2D eigenvalue weighted by atomic mass is 10.4. The van der Waals surface area contributed by atoms with E-state index in [0.29, 0.717) is 5.75 Å². The minimum absolute atomic E-state index is 0.212. The van der Waals surface area contributed by atoms with Crippen LogP contribution in [0.3, 0.4) is 0 Å². The molecule has 0 aliphatic carbocycles. The number of thiazole rings is 1. The van der Waals surface area contributed by atoms with Crippen molar-refractivity contribution in [1.82, 2.24) is 14.9 Å². The van der Waals surface area contributed by atoms with E-state index in [9.17, 15) is 4.79 Å². The summed E-state index contributed by atoms with van der Waals surface area (Å²) in [6.45, 7) is 5.45. The minimum Gasteiger partial charge on any atom is -0.346 e. The maximum atomic E-state index is 12.4. The molecule has 2 aromatic heterocycles. The van der Waals surface area contributed by atoms with E-state index in [1.54, 1.807) is 35.5 Å². The first-order valence-corrected chi connectivity index (χ1v) is 9.56. The quantitative estimate of drug-likeness (QED) is 0.795. The van der Waals surface area contributed by atoms with E-state index in [2.05, 4.69) is 20.2 Å². The third-order valence-electron chi connectivity index (χ3n) is 3.74. The molecular weight excluding hydrogens is 328 g/mol. The lowest BCUT2D eigenvalue weighted by Crippen LogP contribution is -2.36. The van der Waals surface area contributed by atoms with E-state index < -0.39 is 0 Å². The van der Waals surface area contributed by atoms with Gasteiger partial charge in [-0.3, -0.25) is 9.78 Å². The molecular formula is C16H20N4OS2. The number of carbonyl (C=O) groups is 1. The Morgan fingerprint density at radius 3 is 2.83 bits per heavy atom. The smallest absolute Gasteiger partial charge is 0.232 e. The molecule has 0 radical (unpaired) electrons. The van der Waals surface area contributed by atoms with Crippen LogP contribution >= 0.6 is 23.1 Å². The molecule has 1 aliphatic rings. The fraction of sp³-hybridized carbons (Fsp3) is 0.438. The van der Waals surface area contributed by atoms with Gasteiger partial charge in [0.25, 0.3) is 0 Å². The van der Waals surface area contributed by atoms with Crippen molar-refractivity contribution in [2.75, 3.05) is 36.8 Å². The van der Waals surface area contributed by atoms with Crippen molar-refractivity contribution in [2.45, 2.75) is 18.2 Å². The van der Waals surface area contributed by atoms with Crippen LogP contribution < -0.4 is 4.90 Å². The summed E-state index contributed by atoms with van der Waals surface area (Å²) in [6.07, 6.45) is 4.50. The maximum absolute atomic E-state index is 12.4. The van der Waals surface area contributed by atoms with Crippen molar-refractivity contribution < 1.29 is 4.79 Å². The Bertz CT molecular complexity index is 647. The lowest BCUT2D eigenvalue weighted by molar-refractivity contribution is -0.128. The van der Waals surface area contributed by atoms with Gasteiger partial charge < -0.3 is 9.80 Å². The molecule has 0 unspecified atom stereocenters. The molecule has 0 atom stereocenters. The molecule has 1 fully saturated rings. The van der Waals surface area contributed by atoms with Gasteiger partial charge in [-0.2, -0.15) is 0 Å². The van der Waals surface area contributed by atoms with Crippen molar-refractivity contribution >= 4 is 34.1 Å². The van der Waals surface area contributed by atoms with Gasteiger partial charge in [0.05, 0.1) is 11.4 Å². The normalized spacial score (nSPS) is 15.5. The molecule has 3 heterocycles. The Balaban J connectivity index is 1.52. The highest BCUT2D eigenvalue weighted by atomic mass is 32.2. The highest BCUT2D eigenvalue weighted by Crippen LogP contribution is 2.22. The van der Waals surface area contributed by atoms with Gasteiger partial charge in [0.1, 0.15) is 0 Å². The second kappa shape index (κ2) is 7.79. The number of amides is 1. The Hall–Kier alpha value is -1.60. The minimum atomic E-state index is 0.212. The molecule has 7 heteroatoms. The average Bonchev–Trinajstić information content (AvgIpc) is 2.86. The molecule has 5 nitrogen and oxygen atoms in total. The largest absolute Gasteiger partial charge is 0.346 e. The molecule has 1 amide bonds. The summed E-state index contributed by atoms with van der Waals surface area (Å²) in [5, 5.41) is 3.15. The average molecular weight is 348 g/mol. The molecule has 3 rings (SSSR count). The number of nitrogens with zero attached hydrogens (tertiary/aromatic N) is 4. The topological polar surface area (TPSA) is 49.3 Å². The van der Waals surface area contributed by atoms with Crippen LogP contribution in [-0.4, -0.2) is 52.7 Å². The Morgan fingerprint density at radius 2 is 2.09 bits per heavy atom. The van der Waals surface area contributed by atoms with E-state index in [1.165, 1.54) is 0 Å². The molecule has 122 valence electrons. The number of aryl methyl sites for hydroxylation is 1. The van der Waals surface area contributed by atoms with E-state index in [4.69, 9.17) is 0 Å². The number of thioether (sulfide) groups is 1. The number of aromatic nitrogens is 2. The van der Waals surface area contributed by atoms with E-state index in [-0.39, 0.29) is 5.91 Å². The Morgan fingerprint density at radius 1 is 1.26 bits per heavy atom. The number of anilines is 1. The molecule has 1 aliphatic heterocycles. The number of pyridine rings is 1. The molecule has 0 N–H and O–H groups in total. The van der Waals surface area contributed by atoms with Crippen LogP contribution in [0.1, 0.15) is 12.1 Å². The molecule has 0 aromatic carbocycles. The summed E-state index contributed by atoms with van der Waals surface area (Å²) >= 11 is 3.26. The first-order chi connectivity index (χ1) is 11.2. The van der Waals surface area contributed by atoms with Gasteiger partial charge in [0.2, 0.25) is 5.91 Å². The van der Waals surface area contributed by atoms with Gasteiger partial charge in [-0.1, -0.05) is 0 Å². The zero-order valence-electron chi connectivity index (χ0n) is 13.1. The van der Waals surface area contributed by atoms with Crippen molar-refractivity contribution in [3.63, 3.8) is 0 Å². The zero-order valence-corrected chi connectivity index (χ0v) is 14.8. The van der Waals surface area contributed by atoms with Crippen LogP contribution in [0, 0.1) is 6.92 Å². The number of rotatable bonds is 4. The predicted molar refractivity (Wildman–Crippen MR) is 95.2 cm³/mol. The van der Waals surface area contributed by atoms with Gasteiger partial charge in [0, 0.05) is 48.8 Å². The van der Waals surface area contributed by atoms with Crippen LogP contribution in [0.15, 0.2) is 34.8 Å². The van der Waals surface area contributed by atoms with Crippen molar-refractivity contribution in [2.24, 2.45) is 0 Å². The summed E-state index contributed by atoms with van der Waals surface area (Å²) < 4.78 is 0. The lowest BCUT2D eigenvalue weighted by Gasteiger charge is -2.21. The number of hydrogen-bond donors (Lipinski definition) is 0. The summed E-state index contributed by atoms with van der Waals surface area (Å²) in [5.41, 5.74) is 1.07. The van der Waals surface area contributed by atoms with Gasteiger partial charge in [0.15, 0.2) is 5.13 Å². The predicted octanol–water partition coefficient (Wildman–Crippen LogP) is 2.68. The van der Waals surface area contributed by atoms with E-state index in [0.717, 1.165) is 48.3 Å². The third kappa shape index (κ3) is 4.45. The van der Waals surface area contributed by atoms with Crippen molar-refractivity contribution in [3.05, 3.63) is 35.6 Å². The molecule has 0 bridgehead atoms. The molecule has 0 spiro atoms. The monoisotopic (exact) mass is 348 g/mol. The highest BCUT2D eigenvalue weighted by molar-refractivity contribution is 8.00. The summed E-state index contributed by atoms with van der Waals surface area (Å²) in [5.74, 6) is 0.699. The van der Waals surface area contributed by atoms with Crippen LogP contribution in [0.2, 0.25) is 0 Å². The van der Waals surface area contributed by atoms with E-state index in [1.807, 2.05) is 24.0 Å². The van der Waals surface area contributed by atoms with Crippen LogP contribution in [0.4, 0.5) is 5.13 Å². The highest BCUT2D eigenvalue weighted by Gasteiger charge is 2.20. The van der Waals surface area contributed by atoms with Gasteiger partial charge in [-0.25, -0.2) is 4.98 Å². The van der Waals surface area contributed by atoms with Gasteiger partial charge in [-0.05, 0) is 25.5 Å². The maximum Gasteiger partial charge on any atom is 0.232 e. The first-order valence-electron chi connectivity index (χ1n) is 7.70. The summed E-state index contributed by atoms with van der Waals surface area (Å²) in [4.78, 5) is 26.3. The standard InChI is InChI=1S/C16H20N4OS2/c1-13-11-23-16(18-13)20-8-2-7-19(9-10-20)15(21)12-22-14-3-5-17-6-4-14/h3-6,11H,2,7-10,12H2,1H3. The number of hydrogen-bond acceptors (Lipinski definition) is 6. The van der Waals surface area contributed by atoms with Crippen molar-refractivity contribution in [3.8, 4) is 0 Å². The van der Waals surface area contributed by atoms with Crippen molar-refractivity contribution in [1.29, 1.82) is 0 Å². The van der Waals surface area contributed by atoms with Gasteiger partial charge in [-0.15, -0.1) is 23.1 Å². The molecule has 1 saturated heterocycles.